The van der Waals surface area contributed by atoms with Gasteiger partial charge in [-0.3, -0.25) is 13.4 Å². The third-order valence-electron chi connectivity index (χ3n) is 3.26. The van der Waals surface area contributed by atoms with Crippen molar-refractivity contribution in [3.63, 3.8) is 0 Å². The second-order valence-corrected chi connectivity index (χ2v) is 9.03. The van der Waals surface area contributed by atoms with Crippen molar-refractivity contribution in [2.75, 3.05) is 19.1 Å². The van der Waals surface area contributed by atoms with Gasteiger partial charge < -0.3 is 0 Å². The normalized spacial score (nSPS) is 15.6. The third kappa shape index (κ3) is 8.92. The fourth-order valence-corrected chi connectivity index (χ4v) is 3.18. The zero-order valence-electron chi connectivity index (χ0n) is 14.4. The Morgan fingerprint density at radius 2 is 1.73 bits per heavy atom. The second-order valence-electron chi connectivity index (χ2n) is 5.78. The lowest BCUT2D eigenvalue weighted by Crippen LogP contribution is -2.28. The van der Waals surface area contributed by atoms with E-state index >= 15 is 0 Å². The van der Waals surface area contributed by atoms with Crippen LogP contribution in [0.15, 0.2) is 18.2 Å². The van der Waals surface area contributed by atoms with E-state index in [0.717, 1.165) is 12.5 Å². The molecule has 0 aliphatic heterocycles. The Hall–Kier alpha value is -1.24. The molecule has 7 nitrogen and oxygen atoms in total. The molecule has 0 spiro atoms. The molecule has 1 aromatic rings. The van der Waals surface area contributed by atoms with Gasteiger partial charge in [0.25, 0.3) is 20.2 Å². The SMILES string of the molecule is Cc1cccc(C(C[C@@H](CCOS(C)(=O)=O)C(F)(F)F)OS(C)(=O)=O)n1. The van der Waals surface area contributed by atoms with Crippen molar-refractivity contribution in [3.05, 3.63) is 29.6 Å². The minimum atomic E-state index is -4.70. The van der Waals surface area contributed by atoms with Gasteiger partial charge in [0.2, 0.25) is 0 Å². The summed E-state index contributed by atoms with van der Waals surface area (Å²) in [5.74, 6) is -2.04. The maximum Gasteiger partial charge on any atom is 0.392 e. The summed E-state index contributed by atoms with van der Waals surface area (Å²) in [6.45, 7) is 0.915. The van der Waals surface area contributed by atoms with E-state index in [9.17, 15) is 30.0 Å². The fourth-order valence-electron chi connectivity index (χ4n) is 2.18. The summed E-state index contributed by atoms with van der Waals surface area (Å²) < 4.78 is 93.8. The minimum Gasteiger partial charge on any atom is -0.270 e. The van der Waals surface area contributed by atoms with Gasteiger partial charge in [0, 0.05) is 5.69 Å². The topological polar surface area (TPSA) is 99.6 Å². The van der Waals surface area contributed by atoms with Crippen LogP contribution in [0.4, 0.5) is 13.2 Å². The molecule has 2 atom stereocenters. The first kappa shape index (κ1) is 22.8. The lowest BCUT2D eigenvalue weighted by atomic mass is 9.96. The molecule has 0 amide bonds. The number of halogens is 3. The van der Waals surface area contributed by atoms with Crippen LogP contribution in [0.3, 0.4) is 0 Å². The quantitative estimate of drug-likeness (QED) is 0.567. The Morgan fingerprint density at radius 3 is 2.19 bits per heavy atom. The van der Waals surface area contributed by atoms with Gasteiger partial charge in [-0.15, -0.1) is 0 Å². The highest BCUT2D eigenvalue weighted by Crippen LogP contribution is 2.37. The molecule has 1 heterocycles. The van der Waals surface area contributed by atoms with Crippen LogP contribution in [0.5, 0.6) is 0 Å². The van der Waals surface area contributed by atoms with Gasteiger partial charge in [-0.2, -0.15) is 30.0 Å². The van der Waals surface area contributed by atoms with Gasteiger partial charge in [0.15, 0.2) is 0 Å². The first-order valence-corrected chi connectivity index (χ1v) is 11.0. The van der Waals surface area contributed by atoms with Gasteiger partial charge in [0.05, 0.1) is 30.7 Å². The van der Waals surface area contributed by atoms with Crippen molar-refractivity contribution in [1.29, 1.82) is 0 Å². The van der Waals surface area contributed by atoms with Gasteiger partial charge >= 0.3 is 6.18 Å². The van der Waals surface area contributed by atoms with E-state index in [1.165, 1.54) is 12.1 Å². The lowest BCUT2D eigenvalue weighted by molar-refractivity contribution is -0.184. The number of nitrogens with zero attached hydrogens (tertiary/aromatic N) is 1. The lowest BCUT2D eigenvalue weighted by Gasteiger charge is -2.24. The van der Waals surface area contributed by atoms with Crippen LogP contribution in [0, 0.1) is 12.8 Å². The van der Waals surface area contributed by atoms with E-state index in [2.05, 4.69) is 9.17 Å². The van der Waals surface area contributed by atoms with Crippen molar-refractivity contribution in [2.45, 2.75) is 32.0 Å². The zero-order chi connectivity index (χ0) is 20.2. The predicted octanol–water partition coefficient (Wildman–Crippen LogP) is 2.34. The molecule has 0 fully saturated rings. The predicted molar refractivity (Wildman–Crippen MR) is 87.2 cm³/mol. The van der Waals surface area contributed by atoms with E-state index in [1.807, 2.05) is 0 Å². The van der Waals surface area contributed by atoms with Crippen molar-refractivity contribution in [2.24, 2.45) is 5.92 Å². The molecule has 1 rings (SSSR count). The number of aryl methyl sites for hydroxylation is 1. The monoisotopic (exact) mass is 419 g/mol. The van der Waals surface area contributed by atoms with Crippen LogP contribution < -0.4 is 0 Å². The highest BCUT2D eigenvalue weighted by atomic mass is 32.2. The summed E-state index contributed by atoms with van der Waals surface area (Å²) in [5.41, 5.74) is 0.516. The number of aromatic nitrogens is 1. The molecule has 0 aromatic carbocycles. The van der Waals surface area contributed by atoms with Gasteiger partial charge in [0.1, 0.15) is 6.10 Å². The number of alkyl halides is 3. The third-order valence-corrected chi connectivity index (χ3v) is 4.43. The first-order valence-electron chi connectivity index (χ1n) is 7.40. The Balaban J connectivity index is 3.06. The average molecular weight is 419 g/mol. The molecule has 0 aliphatic carbocycles. The van der Waals surface area contributed by atoms with Crippen molar-refractivity contribution in [3.8, 4) is 0 Å². The summed E-state index contributed by atoms with van der Waals surface area (Å²) >= 11 is 0. The van der Waals surface area contributed by atoms with Gasteiger partial charge in [-0.1, -0.05) is 6.07 Å². The minimum absolute atomic E-state index is 0.0358. The Labute approximate surface area is 150 Å². The number of hydrogen-bond acceptors (Lipinski definition) is 7. The Morgan fingerprint density at radius 1 is 1.12 bits per heavy atom. The fraction of sp³-hybridized carbons (Fsp3) is 0.643. The molecule has 0 aliphatic rings. The van der Waals surface area contributed by atoms with E-state index in [-0.39, 0.29) is 5.69 Å². The Kier molecular flexibility index (Phi) is 7.57. The number of pyridine rings is 1. The highest BCUT2D eigenvalue weighted by molar-refractivity contribution is 7.86. The van der Waals surface area contributed by atoms with Crippen LogP contribution in [0.2, 0.25) is 0 Å². The highest BCUT2D eigenvalue weighted by Gasteiger charge is 2.42. The maximum absolute atomic E-state index is 13.3. The first-order chi connectivity index (χ1) is 11.7. The molecular weight excluding hydrogens is 399 g/mol. The summed E-state index contributed by atoms with van der Waals surface area (Å²) in [7, 11) is -7.94. The summed E-state index contributed by atoms with van der Waals surface area (Å²) in [6, 6.07) is 4.48. The van der Waals surface area contributed by atoms with Gasteiger partial charge in [-0.25, -0.2) is 0 Å². The second kappa shape index (κ2) is 8.63. The average Bonchev–Trinajstić information content (AvgIpc) is 2.41. The van der Waals surface area contributed by atoms with E-state index in [0.29, 0.717) is 5.69 Å². The van der Waals surface area contributed by atoms with Crippen LogP contribution in [-0.4, -0.2) is 47.1 Å². The smallest absolute Gasteiger partial charge is 0.270 e. The molecule has 0 saturated carbocycles. The van der Waals surface area contributed by atoms with E-state index in [1.54, 1.807) is 13.0 Å². The molecule has 0 saturated heterocycles. The molecular formula is C14H20F3NO6S2. The molecule has 1 unspecified atom stereocenters. The summed E-state index contributed by atoms with van der Waals surface area (Å²) in [6.07, 6.45) is -6.14. The van der Waals surface area contributed by atoms with Crippen LogP contribution >= 0.6 is 0 Å². The molecule has 1 aromatic heterocycles. The standard InChI is InChI=1S/C14H20F3NO6S2/c1-10-5-4-6-12(18-10)13(24-26(3,21)22)9-11(14(15,16)17)7-8-23-25(2,19)20/h4-6,11,13H,7-9H2,1-3H3/t11-,13?/m1/s1. The number of hydrogen-bond donors (Lipinski definition) is 0. The zero-order valence-corrected chi connectivity index (χ0v) is 16.0. The van der Waals surface area contributed by atoms with Crippen molar-refractivity contribution < 1.29 is 38.4 Å². The van der Waals surface area contributed by atoms with Gasteiger partial charge in [-0.05, 0) is 31.9 Å². The van der Waals surface area contributed by atoms with Crippen molar-refractivity contribution >= 4 is 20.2 Å². The molecule has 12 heteroatoms. The maximum atomic E-state index is 13.3. The van der Waals surface area contributed by atoms with E-state index in [4.69, 9.17) is 4.18 Å². The van der Waals surface area contributed by atoms with Crippen molar-refractivity contribution in [1.82, 2.24) is 4.98 Å². The van der Waals surface area contributed by atoms with E-state index < -0.39 is 57.9 Å². The molecule has 0 radical (unpaired) electrons. The largest absolute Gasteiger partial charge is 0.392 e. The van der Waals surface area contributed by atoms with Crippen LogP contribution in [0.1, 0.15) is 30.3 Å². The molecule has 0 bridgehead atoms. The Bertz CT molecular complexity index is 808. The summed E-state index contributed by atoms with van der Waals surface area (Å²) in [5, 5.41) is 0. The molecule has 26 heavy (non-hydrogen) atoms. The molecule has 0 N–H and O–H groups in total. The van der Waals surface area contributed by atoms with Crippen LogP contribution in [0.25, 0.3) is 0 Å². The molecule has 150 valence electrons. The summed E-state index contributed by atoms with van der Waals surface area (Å²) in [4.78, 5) is 4.03. The number of rotatable bonds is 9. The van der Waals surface area contributed by atoms with Crippen LogP contribution in [-0.2, 0) is 28.6 Å².